The lowest BCUT2D eigenvalue weighted by atomic mass is 10.0. The number of aromatic nitrogens is 2. The highest BCUT2D eigenvalue weighted by Gasteiger charge is 2.52. The number of benzene rings is 1. The summed E-state index contributed by atoms with van der Waals surface area (Å²) in [5, 5.41) is 12.8. The second-order valence-corrected chi connectivity index (χ2v) is 8.82. The lowest BCUT2D eigenvalue weighted by Crippen LogP contribution is -2.53. The number of aliphatic hydroxyl groups excluding tert-OH is 1. The Morgan fingerprint density at radius 1 is 1.31 bits per heavy atom. The summed E-state index contributed by atoms with van der Waals surface area (Å²) in [6.45, 7) is 7.18. The van der Waals surface area contributed by atoms with E-state index in [0.717, 1.165) is 11.3 Å². The summed E-state index contributed by atoms with van der Waals surface area (Å²) in [7, 11) is 1.38. The molecular formula is C23H32N4O5. The number of aliphatic hydroxyl groups is 1. The molecule has 1 aromatic heterocycles. The molecule has 1 spiro atoms. The molecule has 3 unspecified atom stereocenters. The number of aromatic amines is 1. The van der Waals surface area contributed by atoms with Crippen molar-refractivity contribution in [1.29, 1.82) is 0 Å². The number of amides is 1. The van der Waals surface area contributed by atoms with Crippen LogP contribution in [0.5, 0.6) is 0 Å². The van der Waals surface area contributed by atoms with Gasteiger partial charge in [-0.05, 0) is 18.4 Å². The molecule has 2 fully saturated rings. The minimum absolute atomic E-state index is 0.0744. The number of carbonyl (C=O) groups is 1. The number of aryl methyl sites for hydroxylation is 1. The molecule has 9 nitrogen and oxygen atoms in total. The van der Waals surface area contributed by atoms with Crippen LogP contribution in [0.2, 0.25) is 0 Å². The first kappa shape index (κ1) is 22.9. The SMILES string of the molecule is COC(O)NC(C(=O)N1CC2(CC1c1ncc(-c3ccc(C)cc3)[nH]1)OCCO2)C(C)C. The van der Waals surface area contributed by atoms with Crippen molar-refractivity contribution in [2.24, 2.45) is 5.92 Å². The van der Waals surface area contributed by atoms with Gasteiger partial charge in [0.05, 0.1) is 43.7 Å². The summed E-state index contributed by atoms with van der Waals surface area (Å²) in [5.41, 5.74) is 3.09. The zero-order valence-electron chi connectivity index (χ0n) is 19.0. The van der Waals surface area contributed by atoms with E-state index >= 15 is 0 Å². The number of hydrogen-bond donors (Lipinski definition) is 3. The predicted octanol–water partition coefficient (Wildman–Crippen LogP) is 1.94. The van der Waals surface area contributed by atoms with Crippen LogP contribution in [0.25, 0.3) is 11.3 Å². The molecule has 2 aliphatic heterocycles. The normalized spacial score (nSPS) is 22.1. The molecule has 0 bridgehead atoms. The average molecular weight is 445 g/mol. The molecule has 32 heavy (non-hydrogen) atoms. The second-order valence-electron chi connectivity index (χ2n) is 8.82. The van der Waals surface area contributed by atoms with E-state index in [2.05, 4.69) is 27.4 Å². The number of ether oxygens (including phenoxy) is 3. The van der Waals surface area contributed by atoms with Crippen LogP contribution in [0, 0.1) is 12.8 Å². The van der Waals surface area contributed by atoms with Gasteiger partial charge >= 0.3 is 0 Å². The third-order valence-electron chi connectivity index (χ3n) is 6.14. The van der Waals surface area contributed by atoms with Gasteiger partial charge in [0.25, 0.3) is 0 Å². The van der Waals surface area contributed by atoms with Gasteiger partial charge in [-0.25, -0.2) is 4.98 Å². The fourth-order valence-corrected chi connectivity index (χ4v) is 4.36. The summed E-state index contributed by atoms with van der Waals surface area (Å²) in [4.78, 5) is 23.4. The molecule has 3 atom stereocenters. The third kappa shape index (κ3) is 4.57. The van der Waals surface area contributed by atoms with Crippen LogP contribution >= 0.6 is 0 Å². The Bertz CT molecular complexity index is 923. The van der Waals surface area contributed by atoms with Crippen LogP contribution < -0.4 is 5.32 Å². The van der Waals surface area contributed by atoms with Crippen LogP contribution in [0.3, 0.4) is 0 Å². The molecule has 2 aliphatic rings. The van der Waals surface area contributed by atoms with E-state index in [1.54, 1.807) is 11.1 Å². The van der Waals surface area contributed by atoms with Gasteiger partial charge in [-0.2, -0.15) is 0 Å². The number of nitrogens with zero attached hydrogens (tertiary/aromatic N) is 2. The maximum absolute atomic E-state index is 13.6. The Kier molecular flexibility index (Phi) is 6.64. The highest BCUT2D eigenvalue weighted by atomic mass is 16.7. The Morgan fingerprint density at radius 2 is 2.00 bits per heavy atom. The van der Waals surface area contributed by atoms with Crippen molar-refractivity contribution >= 4 is 5.91 Å². The largest absolute Gasteiger partial charge is 0.356 e. The van der Waals surface area contributed by atoms with Crippen LogP contribution in [0.15, 0.2) is 30.5 Å². The van der Waals surface area contributed by atoms with Crippen molar-refractivity contribution in [3.05, 3.63) is 41.9 Å². The summed E-state index contributed by atoms with van der Waals surface area (Å²) in [6.07, 6.45) is 1.03. The van der Waals surface area contributed by atoms with Crippen LogP contribution in [0.4, 0.5) is 0 Å². The van der Waals surface area contributed by atoms with E-state index in [1.807, 2.05) is 32.9 Å². The molecule has 0 radical (unpaired) electrons. The zero-order valence-corrected chi connectivity index (χ0v) is 19.0. The van der Waals surface area contributed by atoms with Gasteiger partial charge in [-0.15, -0.1) is 0 Å². The number of H-pyrrole nitrogens is 1. The van der Waals surface area contributed by atoms with Gasteiger partial charge in [-0.3, -0.25) is 10.1 Å². The summed E-state index contributed by atoms with van der Waals surface area (Å²) in [5.74, 6) is -0.391. The number of nitrogens with one attached hydrogen (secondary N) is 2. The molecule has 174 valence electrons. The van der Waals surface area contributed by atoms with E-state index in [0.29, 0.717) is 32.0 Å². The molecular weight excluding hydrogens is 412 g/mol. The summed E-state index contributed by atoms with van der Waals surface area (Å²) in [6, 6.07) is 7.20. The zero-order chi connectivity index (χ0) is 22.9. The van der Waals surface area contributed by atoms with Gasteiger partial charge in [0.15, 0.2) is 5.79 Å². The Hall–Kier alpha value is -2.30. The van der Waals surface area contributed by atoms with Crippen molar-refractivity contribution in [2.75, 3.05) is 26.9 Å². The lowest BCUT2D eigenvalue weighted by molar-refractivity contribution is -0.157. The topological polar surface area (TPSA) is 109 Å². The second kappa shape index (κ2) is 9.29. The van der Waals surface area contributed by atoms with E-state index in [4.69, 9.17) is 14.2 Å². The molecule has 3 N–H and O–H groups in total. The predicted molar refractivity (Wildman–Crippen MR) is 117 cm³/mol. The fourth-order valence-electron chi connectivity index (χ4n) is 4.36. The fraction of sp³-hybridized carbons (Fsp3) is 0.565. The smallest absolute Gasteiger partial charge is 0.240 e. The Morgan fingerprint density at radius 3 is 2.62 bits per heavy atom. The van der Waals surface area contributed by atoms with Gasteiger partial charge in [-0.1, -0.05) is 43.7 Å². The monoisotopic (exact) mass is 444 g/mol. The molecule has 9 heteroatoms. The minimum Gasteiger partial charge on any atom is -0.356 e. The Balaban J connectivity index is 1.63. The standard InChI is InChI=1S/C23H32N4O5/c1-14(2)19(26-22(29)30-4)21(28)27-13-23(31-9-10-32-23)11-18(27)20-24-12-17(25-20)16-7-5-15(3)6-8-16/h5-8,12,14,18-19,22,26,29H,9-11,13H2,1-4H3,(H,24,25). The molecule has 2 saturated heterocycles. The number of likely N-dealkylation sites (tertiary alicyclic amines) is 1. The van der Waals surface area contributed by atoms with Gasteiger partial charge in [0.1, 0.15) is 5.82 Å². The molecule has 1 aromatic carbocycles. The maximum atomic E-state index is 13.6. The molecule has 3 heterocycles. The average Bonchev–Trinajstić information content (AvgIpc) is 3.52. The first-order valence-electron chi connectivity index (χ1n) is 11.0. The van der Waals surface area contributed by atoms with Gasteiger partial charge in [0, 0.05) is 13.5 Å². The first-order valence-corrected chi connectivity index (χ1v) is 11.0. The summed E-state index contributed by atoms with van der Waals surface area (Å²) < 4.78 is 16.8. The number of imidazole rings is 1. The lowest BCUT2D eigenvalue weighted by Gasteiger charge is -2.31. The highest BCUT2D eigenvalue weighted by molar-refractivity contribution is 5.83. The van der Waals surface area contributed by atoms with Crippen LogP contribution in [-0.2, 0) is 19.0 Å². The maximum Gasteiger partial charge on any atom is 0.240 e. The minimum atomic E-state index is -1.24. The van der Waals surface area contributed by atoms with E-state index in [1.165, 1.54) is 12.7 Å². The third-order valence-corrected chi connectivity index (χ3v) is 6.14. The molecule has 0 aliphatic carbocycles. The van der Waals surface area contributed by atoms with Gasteiger partial charge in [0.2, 0.25) is 12.3 Å². The van der Waals surface area contributed by atoms with E-state index in [9.17, 15) is 9.90 Å². The van der Waals surface area contributed by atoms with Crippen molar-refractivity contribution in [1.82, 2.24) is 20.2 Å². The van der Waals surface area contributed by atoms with Crippen LogP contribution in [0.1, 0.15) is 37.7 Å². The first-order chi connectivity index (χ1) is 15.3. The quantitative estimate of drug-likeness (QED) is 0.560. The van der Waals surface area contributed by atoms with Gasteiger partial charge < -0.3 is 29.2 Å². The van der Waals surface area contributed by atoms with E-state index < -0.39 is 18.2 Å². The van der Waals surface area contributed by atoms with E-state index in [-0.39, 0.29) is 17.9 Å². The molecule has 0 saturated carbocycles. The number of methoxy groups -OCH3 is 1. The van der Waals surface area contributed by atoms with Crippen molar-refractivity contribution in [2.45, 2.75) is 51.5 Å². The number of hydrogen-bond acceptors (Lipinski definition) is 7. The van der Waals surface area contributed by atoms with Crippen molar-refractivity contribution in [3.8, 4) is 11.3 Å². The van der Waals surface area contributed by atoms with Crippen molar-refractivity contribution < 1.29 is 24.1 Å². The van der Waals surface area contributed by atoms with Crippen LogP contribution in [-0.4, -0.2) is 71.0 Å². The molecule has 1 amide bonds. The summed E-state index contributed by atoms with van der Waals surface area (Å²) >= 11 is 0. The van der Waals surface area contributed by atoms with Crippen molar-refractivity contribution in [3.63, 3.8) is 0 Å². The highest BCUT2D eigenvalue weighted by Crippen LogP contribution is 2.42. The molecule has 4 rings (SSSR count). The number of carbonyl (C=O) groups excluding carboxylic acids is 1. The molecule has 2 aromatic rings. The Labute approximate surface area is 188 Å². The number of rotatable bonds is 7.